The molecule has 214 valence electrons. The molecule has 3 aromatic rings. The molecule has 40 heavy (non-hydrogen) atoms. The van der Waals surface area contributed by atoms with Crippen LogP contribution in [-0.2, 0) is 12.4 Å². The van der Waals surface area contributed by atoms with Crippen LogP contribution in [-0.4, -0.2) is 13.1 Å². The second-order valence-corrected chi connectivity index (χ2v) is 10.1. The number of carbonyl (C=O) groups excluding carboxylic acids is 1. The summed E-state index contributed by atoms with van der Waals surface area (Å²) >= 11 is 0. The van der Waals surface area contributed by atoms with Crippen molar-refractivity contribution in [2.45, 2.75) is 63.7 Å². The van der Waals surface area contributed by atoms with Crippen LogP contribution in [0.1, 0.15) is 78.4 Å². The molecule has 0 N–H and O–H groups in total. The average Bonchev–Trinajstić information content (AvgIpc) is 2.92. The van der Waals surface area contributed by atoms with E-state index in [9.17, 15) is 31.1 Å². The van der Waals surface area contributed by atoms with Gasteiger partial charge in [0.1, 0.15) is 17.1 Å². The molecule has 0 radical (unpaired) electrons. The molecule has 0 aromatic heterocycles. The largest absolute Gasteiger partial charge is 0.496 e. The van der Waals surface area contributed by atoms with Crippen molar-refractivity contribution in [1.29, 1.82) is 0 Å². The molecule has 0 atom stereocenters. The number of hydrogen-bond donors (Lipinski definition) is 0. The molecule has 0 heterocycles. The van der Waals surface area contributed by atoms with Gasteiger partial charge in [0.25, 0.3) is 0 Å². The zero-order valence-electron chi connectivity index (χ0n) is 22.2. The van der Waals surface area contributed by atoms with Gasteiger partial charge in [-0.05, 0) is 84.5 Å². The quantitative estimate of drug-likeness (QED) is 0.163. The van der Waals surface area contributed by atoms with Gasteiger partial charge in [-0.3, -0.25) is 0 Å². The van der Waals surface area contributed by atoms with Gasteiger partial charge in [-0.15, -0.1) is 0 Å². The highest BCUT2D eigenvalue weighted by atomic mass is 19.4. The van der Waals surface area contributed by atoms with E-state index in [0.29, 0.717) is 11.5 Å². The van der Waals surface area contributed by atoms with E-state index in [4.69, 9.17) is 4.74 Å². The van der Waals surface area contributed by atoms with Crippen LogP contribution >= 0.6 is 0 Å². The molecule has 0 amide bonds. The fraction of sp³-hybridized carbons (Fsp3) is 0.387. The summed E-state index contributed by atoms with van der Waals surface area (Å²) in [5.41, 5.74) is -3.04. The summed E-state index contributed by atoms with van der Waals surface area (Å²) in [4.78, 5) is 12.7. The van der Waals surface area contributed by atoms with Crippen LogP contribution in [0.5, 0.6) is 11.5 Å². The van der Waals surface area contributed by atoms with E-state index in [1.165, 1.54) is 55.5 Å². The van der Waals surface area contributed by atoms with E-state index in [1.54, 1.807) is 12.1 Å². The first-order valence-corrected chi connectivity index (χ1v) is 13.2. The van der Waals surface area contributed by atoms with Crippen LogP contribution in [0.2, 0.25) is 0 Å². The van der Waals surface area contributed by atoms with E-state index in [0.717, 1.165) is 38.0 Å². The van der Waals surface area contributed by atoms with Gasteiger partial charge in [-0.1, -0.05) is 50.1 Å². The molecule has 9 heteroatoms. The van der Waals surface area contributed by atoms with Crippen LogP contribution in [0.4, 0.5) is 26.3 Å². The summed E-state index contributed by atoms with van der Waals surface area (Å²) in [6.45, 7) is 2.20. The number of carbonyl (C=O) groups is 1. The van der Waals surface area contributed by atoms with Crippen LogP contribution in [0.3, 0.4) is 0 Å². The highest BCUT2D eigenvalue weighted by Crippen LogP contribution is 2.49. The van der Waals surface area contributed by atoms with Crippen LogP contribution < -0.4 is 9.47 Å². The number of hydrogen-bond acceptors (Lipinski definition) is 3. The topological polar surface area (TPSA) is 35.5 Å². The smallest absolute Gasteiger partial charge is 0.420 e. The minimum absolute atomic E-state index is 0.0465. The fourth-order valence-electron chi connectivity index (χ4n) is 5.52. The van der Waals surface area contributed by atoms with E-state index < -0.39 is 40.8 Å². The average molecular weight is 565 g/mol. The summed E-state index contributed by atoms with van der Waals surface area (Å²) in [6.07, 6.45) is -3.49. The molecule has 0 unspecified atom stereocenters. The monoisotopic (exact) mass is 564 g/mol. The van der Waals surface area contributed by atoms with Crippen LogP contribution in [0, 0.1) is 5.92 Å². The van der Waals surface area contributed by atoms with Gasteiger partial charge in [-0.2, -0.15) is 26.3 Å². The Balaban J connectivity index is 1.50. The number of alkyl halides is 6. The van der Waals surface area contributed by atoms with Crippen LogP contribution in [0.15, 0.2) is 60.7 Å². The zero-order valence-corrected chi connectivity index (χ0v) is 22.2. The molecule has 0 spiro atoms. The number of ether oxygens (including phenoxy) is 2. The standard InChI is InChI=1S/C31H30F6O3/c1-3-4-19-5-7-20(8-6-19)21-9-11-23(12-10-21)29(38)40-24-15-13-22(14-16-24)25-17-18-26(39-2)28(31(35,36)37)27(25)30(32,33)34/h9-20H,3-8H2,1-2H3. The molecular weight excluding hydrogens is 534 g/mol. The van der Waals surface area contributed by atoms with E-state index in [1.807, 2.05) is 12.1 Å². The lowest BCUT2D eigenvalue weighted by atomic mass is 9.77. The normalized spacial score (nSPS) is 17.9. The van der Waals surface area contributed by atoms with Gasteiger partial charge in [-0.25, -0.2) is 4.79 Å². The number of rotatable bonds is 7. The van der Waals surface area contributed by atoms with Crippen molar-refractivity contribution in [2.75, 3.05) is 7.11 Å². The first-order valence-electron chi connectivity index (χ1n) is 13.2. The Kier molecular flexibility index (Phi) is 8.80. The summed E-state index contributed by atoms with van der Waals surface area (Å²) in [5, 5.41) is 0. The predicted molar refractivity (Wildman–Crippen MR) is 139 cm³/mol. The second kappa shape index (κ2) is 11.9. The molecule has 4 rings (SSSR count). The Bertz CT molecular complexity index is 1300. The minimum Gasteiger partial charge on any atom is -0.496 e. The predicted octanol–water partition coefficient (Wildman–Crippen LogP) is 9.69. The van der Waals surface area contributed by atoms with Crippen molar-refractivity contribution in [1.82, 2.24) is 0 Å². The maximum atomic E-state index is 13.9. The van der Waals surface area contributed by atoms with Crippen molar-refractivity contribution < 1.29 is 40.6 Å². The molecule has 1 fully saturated rings. The van der Waals surface area contributed by atoms with Gasteiger partial charge in [0.05, 0.1) is 18.2 Å². The third-order valence-electron chi connectivity index (χ3n) is 7.49. The molecule has 1 saturated carbocycles. The number of benzene rings is 3. The van der Waals surface area contributed by atoms with E-state index in [-0.39, 0.29) is 11.3 Å². The second-order valence-electron chi connectivity index (χ2n) is 10.1. The molecule has 1 aliphatic rings. The van der Waals surface area contributed by atoms with Crippen molar-refractivity contribution in [2.24, 2.45) is 5.92 Å². The Morgan fingerprint density at radius 2 is 1.40 bits per heavy atom. The summed E-state index contributed by atoms with van der Waals surface area (Å²) in [6, 6.07) is 13.8. The first-order chi connectivity index (χ1) is 18.9. The number of halogens is 6. The maximum absolute atomic E-state index is 13.9. The highest BCUT2D eigenvalue weighted by molar-refractivity contribution is 5.91. The molecule has 3 nitrogen and oxygen atoms in total. The summed E-state index contributed by atoms with van der Waals surface area (Å²) in [7, 11) is 0.875. The summed E-state index contributed by atoms with van der Waals surface area (Å²) < 4.78 is 92.4. The van der Waals surface area contributed by atoms with E-state index >= 15 is 0 Å². The molecule has 1 aliphatic carbocycles. The number of methoxy groups -OCH3 is 1. The van der Waals surface area contributed by atoms with Gasteiger partial charge in [0, 0.05) is 0 Å². The minimum atomic E-state index is -5.30. The highest BCUT2D eigenvalue weighted by Gasteiger charge is 2.47. The molecule has 0 saturated heterocycles. The van der Waals surface area contributed by atoms with Crippen LogP contribution in [0.25, 0.3) is 11.1 Å². The van der Waals surface area contributed by atoms with Gasteiger partial charge in [0.2, 0.25) is 0 Å². The molecule has 0 bridgehead atoms. The van der Waals surface area contributed by atoms with Crippen molar-refractivity contribution >= 4 is 5.97 Å². The van der Waals surface area contributed by atoms with Gasteiger partial charge < -0.3 is 9.47 Å². The number of esters is 1. The lowest BCUT2D eigenvalue weighted by Crippen LogP contribution is -2.19. The van der Waals surface area contributed by atoms with Crippen molar-refractivity contribution in [3.63, 3.8) is 0 Å². The third kappa shape index (κ3) is 6.62. The Morgan fingerprint density at radius 3 is 1.93 bits per heavy atom. The Labute approximate surface area is 229 Å². The zero-order chi connectivity index (χ0) is 29.1. The van der Waals surface area contributed by atoms with E-state index in [2.05, 4.69) is 11.7 Å². The third-order valence-corrected chi connectivity index (χ3v) is 7.49. The lowest BCUT2D eigenvalue weighted by Gasteiger charge is -2.28. The summed E-state index contributed by atoms with van der Waals surface area (Å²) in [5.74, 6) is -0.276. The maximum Gasteiger partial charge on any atom is 0.420 e. The van der Waals surface area contributed by atoms with Gasteiger partial charge >= 0.3 is 18.3 Å². The van der Waals surface area contributed by atoms with Crippen molar-refractivity contribution in [3.05, 3.63) is 82.9 Å². The van der Waals surface area contributed by atoms with Crippen molar-refractivity contribution in [3.8, 4) is 22.6 Å². The fourth-order valence-corrected chi connectivity index (χ4v) is 5.52. The Hall–Kier alpha value is -3.49. The SMILES string of the molecule is CCCC1CCC(c2ccc(C(=O)Oc3ccc(-c4ccc(OC)c(C(F)(F)F)c4C(F)(F)F)cc3)cc2)CC1. The molecule has 3 aromatic carbocycles. The molecular formula is C31H30F6O3. The van der Waals surface area contributed by atoms with Gasteiger partial charge in [0.15, 0.2) is 0 Å². The molecule has 0 aliphatic heterocycles. The Morgan fingerprint density at radius 1 is 0.800 bits per heavy atom. The lowest BCUT2D eigenvalue weighted by molar-refractivity contribution is -0.162. The first kappa shape index (κ1) is 29.5.